The number of nitrogens with zero attached hydrogens (tertiary/aromatic N) is 2. The normalized spacial score (nSPS) is 17.0. The lowest BCUT2D eigenvalue weighted by atomic mass is 10.1. The van der Waals surface area contributed by atoms with Crippen LogP contribution in [0.3, 0.4) is 0 Å². The summed E-state index contributed by atoms with van der Waals surface area (Å²) in [6, 6.07) is 10.7. The summed E-state index contributed by atoms with van der Waals surface area (Å²) in [5, 5.41) is 13.5. The minimum atomic E-state index is -0.578. The lowest BCUT2D eigenvalue weighted by Crippen LogP contribution is -2.42. The van der Waals surface area contributed by atoms with Crippen LogP contribution in [0.5, 0.6) is 5.75 Å². The molecule has 0 unspecified atom stereocenters. The number of nitrogens with one attached hydrogen (secondary N) is 1. The van der Waals surface area contributed by atoms with Crippen molar-refractivity contribution in [2.75, 3.05) is 5.32 Å². The standard InChI is InChI=1S/C21H23N3O5/c1-4-13(2)23-12-16-11-17(7-10-19(16)29-14(3)21(23)26)22-20(25)15-5-8-18(9-6-15)24(27)28/h5-11,13-14H,4,12H2,1-3H3,(H,22,25)/t13-,14-/m1/s1. The first-order chi connectivity index (χ1) is 13.8. The van der Waals surface area contributed by atoms with Crippen molar-refractivity contribution in [2.24, 2.45) is 0 Å². The molecule has 8 heteroatoms. The summed E-state index contributed by atoms with van der Waals surface area (Å²) in [7, 11) is 0. The number of hydrogen-bond acceptors (Lipinski definition) is 5. The molecule has 2 aromatic carbocycles. The predicted octanol–water partition coefficient (Wildman–Crippen LogP) is 3.76. The molecule has 152 valence electrons. The number of ether oxygens (including phenoxy) is 1. The highest BCUT2D eigenvalue weighted by molar-refractivity contribution is 6.04. The maximum Gasteiger partial charge on any atom is 0.269 e. The van der Waals surface area contributed by atoms with Gasteiger partial charge in [0, 0.05) is 41.5 Å². The van der Waals surface area contributed by atoms with Crippen molar-refractivity contribution in [1.29, 1.82) is 0 Å². The molecule has 0 aliphatic carbocycles. The Morgan fingerprint density at radius 2 is 2.00 bits per heavy atom. The van der Waals surface area contributed by atoms with E-state index in [1.54, 1.807) is 30.0 Å². The Kier molecular flexibility index (Phi) is 5.81. The van der Waals surface area contributed by atoms with Gasteiger partial charge in [0.1, 0.15) is 5.75 Å². The van der Waals surface area contributed by atoms with E-state index in [1.165, 1.54) is 24.3 Å². The number of carbonyl (C=O) groups is 2. The van der Waals surface area contributed by atoms with Gasteiger partial charge in [0.05, 0.1) is 4.92 Å². The van der Waals surface area contributed by atoms with E-state index in [2.05, 4.69) is 5.32 Å². The SMILES string of the molecule is CC[C@@H](C)N1Cc2cc(NC(=O)c3ccc([N+](=O)[O-])cc3)ccc2O[C@H](C)C1=O. The van der Waals surface area contributed by atoms with Crippen LogP contribution in [-0.4, -0.2) is 33.8 Å². The average Bonchev–Trinajstić information content (AvgIpc) is 2.84. The van der Waals surface area contributed by atoms with E-state index in [0.717, 1.165) is 12.0 Å². The zero-order chi connectivity index (χ0) is 21.1. The molecule has 3 rings (SSSR count). The molecular weight excluding hydrogens is 374 g/mol. The summed E-state index contributed by atoms with van der Waals surface area (Å²) in [6.45, 7) is 6.15. The highest BCUT2D eigenvalue weighted by atomic mass is 16.6. The van der Waals surface area contributed by atoms with E-state index in [0.29, 0.717) is 23.5 Å². The molecule has 0 saturated heterocycles. The summed E-state index contributed by atoms with van der Waals surface area (Å²) in [5.41, 5.74) is 1.60. The van der Waals surface area contributed by atoms with Gasteiger partial charge >= 0.3 is 0 Å². The van der Waals surface area contributed by atoms with Crippen LogP contribution >= 0.6 is 0 Å². The van der Waals surface area contributed by atoms with Crippen LogP contribution in [0.2, 0.25) is 0 Å². The smallest absolute Gasteiger partial charge is 0.269 e. The monoisotopic (exact) mass is 397 g/mol. The lowest BCUT2D eigenvalue weighted by Gasteiger charge is -2.28. The highest BCUT2D eigenvalue weighted by Crippen LogP contribution is 2.30. The van der Waals surface area contributed by atoms with Gasteiger partial charge in [0.2, 0.25) is 0 Å². The molecule has 1 aliphatic rings. The second kappa shape index (κ2) is 8.30. The third-order valence-electron chi connectivity index (χ3n) is 5.06. The van der Waals surface area contributed by atoms with E-state index < -0.39 is 11.0 Å². The molecule has 0 aromatic heterocycles. The largest absolute Gasteiger partial charge is 0.481 e. The van der Waals surface area contributed by atoms with E-state index in [4.69, 9.17) is 4.74 Å². The third-order valence-corrected chi connectivity index (χ3v) is 5.06. The lowest BCUT2D eigenvalue weighted by molar-refractivity contribution is -0.384. The van der Waals surface area contributed by atoms with Gasteiger partial charge in [-0.15, -0.1) is 0 Å². The average molecular weight is 397 g/mol. The van der Waals surface area contributed by atoms with E-state index in [-0.39, 0.29) is 23.5 Å². The molecule has 0 spiro atoms. The molecule has 0 fully saturated rings. The van der Waals surface area contributed by atoms with Crippen LogP contribution in [0.15, 0.2) is 42.5 Å². The van der Waals surface area contributed by atoms with Gasteiger partial charge in [0.25, 0.3) is 17.5 Å². The van der Waals surface area contributed by atoms with E-state index >= 15 is 0 Å². The van der Waals surface area contributed by atoms with Gasteiger partial charge in [-0.2, -0.15) is 0 Å². The number of amides is 2. The first-order valence-electron chi connectivity index (χ1n) is 9.46. The quantitative estimate of drug-likeness (QED) is 0.611. The summed E-state index contributed by atoms with van der Waals surface area (Å²) < 4.78 is 5.81. The van der Waals surface area contributed by atoms with E-state index in [1.807, 2.05) is 13.8 Å². The van der Waals surface area contributed by atoms with Crippen LogP contribution < -0.4 is 10.1 Å². The molecule has 2 amide bonds. The van der Waals surface area contributed by atoms with Gasteiger partial charge in [-0.1, -0.05) is 6.92 Å². The van der Waals surface area contributed by atoms with Crippen molar-refractivity contribution in [3.8, 4) is 5.75 Å². The Bertz CT molecular complexity index is 942. The number of nitro groups is 1. The first kappa shape index (κ1) is 20.3. The molecule has 1 N–H and O–H groups in total. The zero-order valence-electron chi connectivity index (χ0n) is 16.5. The number of anilines is 1. The molecule has 1 heterocycles. The third kappa shape index (κ3) is 4.37. The Morgan fingerprint density at radius 1 is 1.31 bits per heavy atom. The number of rotatable bonds is 5. The number of nitro benzene ring substituents is 1. The first-order valence-corrected chi connectivity index (χ1v) is 9.46. The van der Waals surface area contributed by atoms with Crippen molar-refractivity contribution in [2.45, 2.75) is 45.9 Å². The number of benzene rings is 2. The summed E-state index contributed by atoms with van der Waals surface area (Å²) >= 11 is 0. The zero-order valence-corrected chi connectivity index (χ0v) is 16.5. The number of carbonyl (C=O) groups excluding carboxylic acids is 2. The van der Waals surface area contributed by atoms with Crippen LogP contribution in [-0.2, 0) is 11.3 Å². The molecule has 0 bridgehead atoms. The van der Waals surface area contributed by atoms with Crippen LogP contribution in [0.1, 0.15) is 43.1 Å². The molecule has 0 radical (unpaired) electrons. The van der Waals surface area contributed by atoms with Crippen LogP contribution in [0.25, 0.3) is 0 Å². The second-order valence-electron chi connectivity index (χ2n) is 7.06. The van der Waals surface area contributed by atoms with Crippen molar-refractivity contribution in [3.05, 3.63) is 63.7 Å². The molecule has 8 nitrogen and oxygen atoms in total. The van der Waals surface area contributed by atoms with Gasteiger partial charge in [0.15, 0.2) is 6.10 Å². The number of hydrogen-bond donors (Lipinski definition) is 1. The van der Waals surface area contributed by atoms with Gasteiger partial charge in [-0.3, -0.25) is 19.7 Å². The molecule has 0 saturated carbocycles. The molecular formula is C21H23N3O5. The second-order valence-corrected chi connectivity index (χ2v) is 7.06. The fourth-order valence-electron chi connectivity index (χ4n) is 3.16. The maximum atomic E-state index is 12.6. The minimum Gasteiger partial charge on any atom is -0.481 e. The number of non-ortho nitro benzene ring substituents is 1. The summed E-state index contributed by atoms with van der Waals surface area (Å²) in [6.07, 6.45) is 0.246. The van der Waals surface area contributed by atoms with Crippen molar-refractivity contribution in [1.82, 2.24) is 4.90 Å². The Morgan fingerprint density at radius 3 is 2.62 bits per heavy atom. The topological polar surface area (TPSA) is 102 Å². The summed E-state index contributed by atoms with van der Waals surface area (Å²) in [4.78, 5) is 37.1. The molecule has 2 atom stereocenters. The molecule has 2 aromatic rings. The highest BCUT2D eigenvalue weighted by Gasteiger charge is 2.30. The van der Waals surface area contributed by atoms with Gasteiger partial charge in [-0.25, -0.2) is 0 Å². The van der Waals surface area contributed by atoms with Gasteiger partial charge < -0.3 is 15.0 Å². The molecule has 1 aliphatic heterocycles. The van der Waals surface area contributed by atoms with Crippen molar-refractivity contribution >= 4 is 23.2 Å². The predicted molar refractivity (Wildman–Crippen MR) is 108 cm³/mol. The fourth-order valence-corrected chi connectivity index (χ4v) is 3.16. The van der Waals surface area contributed by atoms with Crippen molar-refractivity contribution in [3.63, 3.8) is 0 Å². The summed E-state index contributed by atoms with van der Waals surface area (Å²) in [5.74, 6) is 0.176. The van der Waals surface area contributed by atoms with Crippen LogP contribution in [0, 0.1) is 10.1 Å². The fraction of sp³-hybridized carbons (Fsp3) is 0.333. The van der Waals surface area contributed by atoms with Gasteiger partial charge in [-0.05, 0) is 50.6 Å². The number of fused-ring (bicyclic) bond motifs is 1. The van der Waals surface area contributed by atoms with E-state index in [9.17, 15) is 19.7 Å². The maximum absolute atomic E-state index is 12.6. The van der Waals surface area contributed by atoms with Crippen molar-refractivity contribution < 1.29 is 19.2 Å². The Balaban J connectivity index is 1.82. The Labute approximate surface area is 168 Å². The Hall–Kier alpha value is -3.42. The van der Waals surface area contributed by atoms with Crippen LogP contribution in [0.4, 0.5) is 11.4 Å². The molecule has 29 heavy (non-hydrogen) atoms. The minimum absolute atomic E-state index is 0.0629.